The van der Waals surface area contributed by atoms with Gasteiger partial charge in [-0.25, -0.2) is 4.39 Å². The summed E-state index contributed by atoms with van der Waals surface area (Å²) >= 11 is 12.1. The molecule has 1 saturated carbocycles. The first-order valence-corrected chi connectivity index (χ1v) is 7.34. The van der Waals surface area contributed by atoms with E-state index in [0.29, 0.717) is 22.4 Å². The molecule has 0 heterocycles. The predicted molar refractivity (Wildman–Crippen MR) is 76.7 cm³/mol. The molecule has 0 N–H and O–H groups in total. The van der Waals surface area contributed by atoms with Gasteiger partial charge in [0.05, 0.1) is 5.02 Å². The fourth-order valence-electron chi connectivity index (χ4n) is 2.57. The van der Waals surface area contributed by atoms with Crippen molar-refractivity contribution in [3.63, 3.8) is 0 Å². The second-order valence-corrected chi connectivity index (χ2v) is 5.50. The van der Waals surface area contributed by atoms with E-state index < -0.39 is 0 Å². The predicted octanol–water partition coefficient (Wildman–Crippen LogP) is 5.68. The third-order valence-electron chi connectivity index (χ3n) is 3.61. The van der Waals surface area contributed by atoms with Crippen LogP contribution in [0.2, 0.25) is 5.02 Å². The molecular formula is C15H17Cl2F. The summed E-state index contributed by atoms with van der Waals surface area (Å²) in [5, 5.41) is 0.452. The van der Waals surface area contributed by atoms with Crippen LogP contribution in [-0.4, -0.2) is 5.88 Å². The van der Waals surface area contributed by atoms with Gasteiger partial charge in [0.15, 0.2) is 0 Å². The molecule has 0 radical (unpaired) electrons. The topological polar surface area (TPSA) is 0 Å². The van der Waals surface area contributed by atoms with Crippen molar-refractivity contribution in [3.8, 4) is 0 Å². The Morgan fingerprint density at radius 2 is 2.00 bits per heavy atom. The van der Waals surface area contributed by atoms with Crippen molar-refractivity contribution in [1.82, 2.24) is 0 Å². The average Bonchev–Trinajstić information content (AvgIpc) is 2.40. The monoisotopic (exact) mass is 286 g/mol. The summed E-state index contributed by atoms with van der Waals surface area (Å²) < 4.78 is 13.7. The van der Waals surface area contributed by atoms with Gasteiger partial charge >= 0.3 is 0 Å². The van der Waals surface area contributed by atoms with Gasteiger partial charge in [-0.2, -0.15) is 0 Å². The fraction of sp³-hybridized carbons (Fsp3) is 0.467. The van der Waals surface area contributed by atoms with Gasteiger partial charge in [0.1, 0.15) is 5.82 Å². The van der Waals surface area contributed by atoms with Gasteiger partial charge < -0.3 is 0 Å². The maximum absolute atomic E-state index is 13.7. The van der Waals surface area contributed by atoms with Crippen LogP contribution >= 0.6 is 23.2 Å². The molecular weight excluding hydrogens is 270 g/mol. The highest BCUT2D eigenvalue weighted by atomic mass is 35.5. The van der Waals surface area contributed by atoms with Crippen molar-refractivity contribution in [2.45, 2.75) is 32.1 Å². The first-order valence-electron chi connectivity index (χ1n) is 6.43. The van der Waals surface area contributed by atoms with E-state index in [9.17, 15) is 4.39 Å². The zero-order valence-corrected chi connectivity index (χ0v) is 11.8. The highest BCUT2D eigenvalue weighted by Gasteiger charge is 2.18. The molecule has 0 spiro atoms. The molecule has 0 nitrogen and oxygen atoms in total. The second kappa shape index (κ2) is 6.58. The number of rotatable bonds is 3. The SMILES string of the molecule is Fc1cccc(Cl)c1C=C(CCl)C1CCCCC1. The average molecular weight is 287 g/mol. The van der Waals surface area contributed by atoms with E-state index in [1.54, 1.807) is 12.1 Å². The van der Waals surface area contributed by atoms with Gasteiger partial charge in [-0.3, -0.25) is 0 Å². The minimum atomic E-state index is -0.277. The van der Waals surface area contributed by atoms with Gasteiger partial charge in [0.25, 0.3) is 0 Å². The Morgan fingerprint density at radius 3 is 2.61 bits per heavy atom. The molecule has 1 aromatic rings. The zero-order chi connectivity index (χ0) is 13.0. The lowest BCUT2D eigenvalue weighted by molar-refractivity contribution is 0.405. The van der Waals surface area contributed by atoms with Gasteiger partial charge in [0, 0.05) is 11.4 Å². The van der Waals surface area contributed by atoms with E-state index in [4.69, 9.17) is 23.2 Å². The lowest BCUT2D eigenvalue weighted by Gasteiger charge is -2.23. The van der Waals surface area contributed by atoms with Crippen LogP contribution in [0.15, 0.2) is 23.8 Å². The van der Waals surface area contributed by atoms with Crippen molar-refractivity contribution in [2.24, 2.45) is 5.92 Å². The molecule has 1 aliphatic rings. The van der Waals surface area contributed by atoms with E-state index in [2.05, 4.69) is 0 Å². The molecule has 1 fully saturated rings. The summed E-state index contributed by atoms with van der Waals surface area (Å²) in [4.78, 5) is 0. The molecule has 98 valence electrons. The first-order chi connectivity index (χ1) is 8.72. The first kappa shape index (κ1) is 13.9. The van der Waals surface area contributed by atoms with Crippen molar-refractivity contribution >= 4 is 29.3 Å². The van der Waals surface area contributed by atoms with Crippen molar-refractivity contribution in [2.75, 3.05) is 5.88 Å². The number of hydrogen-bond acceptors (Lipinski definition) is 0. The van der Waals surface area contributed by atoms with Gasteiger partial charge in [-0.15, -0.1) is 11.6 Å². The summed E-state index contributed by atoms with van der Waals surface area (Å²) in [6, 6.07) is 4.77. The van der Waals surface area contributed by atoms with Crippen LogP contribution in [0.1, 0.15) is 37.7 Å². The Labute approximate surface area is 118 Å². The van der Waals surface area contributed by atoms with E-state index in [1.165, 1.54) is 25.3 Å². The molecule has 0 atom stereocenters. The molecule has 3 heteroatoms. The summed E-state index contributed by atoms with van der Waals surface area (Å²) in [7, 11) is 0. The maximum Gasteiger partial charge on any atom is 0.131 e. The molecule has 1 aliphatic carbocycles. The smallest absolute Gasteiger partial charge is 0.131 e. The van der Waals surface area contributed by atoms with E-state index >= 15 is 0 Å². The molecule has 0 amide bonds. The van der Waals surface area contributed by atoms with E-state index in [1.807, 2.05) is 6.08 Å². The number of hydrogen-bond donors (Lipinski definition) is 0. The van der Waals surface area contributed by atoms with Crippen LogP contribution in [0.4, 0.5) is 4.39 Å². The maximum atomic E-state index is 13.7. The molecule has 0 aliphatic heterocycles. The van der Waals surface area contributed by atoms with Gasteiger partial charge in [-0.1, -0.05) is 42.5 Å². The van der Waals surface area contributed by atoms with Crippen molar-refractivity contribution in [3.05, 3.63) is 40.2 Å². The number of allylic oxidation sites excluding steroid dienone is 1. The summed E-state index contributed by atoms with van der Waals surface area (Å²) in [6.45, 7) is 0. The standard InChI is InChI=1S/C15H17Cl2F/c16-10-12(11-5-2-1-3-6-11)9-13-14(17)7-4-8-15(13)18/h4,7-9,11H,1-3,5-6,10H2. The minimum Gasteiger partial charge on any atom is -0.206 e. The summed E-state index contributed by atoms with van der Waals surface area (Å²) in [6.07, 6.45) is 7.94. The Hall–Kier alpha value is -0.530. The van der Waals surface area contributed by atoms with Crippen molar-refractivity contribution in [1.29, 1.82) is 0 Å². The van der Waals surface area contributed by atoms with Crippen LogP contribution in [0.5, 0.6) is 0 Å². The van der Waals surface area contributed by atoms with Crippen molar-refractivity contribution < 1.29 is 4.39 Å². The van der Waals surface area contributed by atoms with Gasteiger partial charge in [0.2, 0.25) is 0 Å². The molecule has 2 rings (SSSR count). The number of halogens is 3. The molecule has 18 heavy (non-hydrogen) atoms. The highest BCUT2D eigenvalue weighted by molar-refractivity contribution is 6.32. The summed E-state index contributed by atoms with van der Waals surface area (Å²) in [5.41, 5.74) is 1.59. The van der Waals surface area contributed by atoms with Crippen LogP contribution in [-0.2, 0) is 0 Å². The van der Waals surface area contributed by atoms with E-state index in [-0.39, 0.29) is 5.82 Å². The highest BCUT2D eigenvalue weighted by Crippen LogP contribution is 2.33. The number of benzene rings is 1. The Kier molecular flexibility index (Phi) is 5.08. The number of alkyl halides is 1. The van der Waals surface area contributed by atoms with Gasteiger partial charge in [-0.05, 0) is 37.0 Å². The van der Waals surface area contributed by atoms with Crippen LogP contribution in [0.3, 0.4) is 0 Å². The Balaban J connectivity index is 2.28. The third kappa shape index (κ3) is 3.27. The van der Waals surface area contributed by atoms with Crippen LogP contribution in [0, 0.1) is 11.7 Å². The lowest BCUT2D eigenvalue weighted by Crippen LogP contribution is -2.10. The summed E-state index contributed by atoms with van der Waals surface area (Å²) in [5.74, 6) is 0.669. The van der Waals surface area contributed by atoms with Crippen LogP contribution < -0.4 is 0 Å². The molecule has 0 aromatic heterocycles. The Bertz CT molecular complexity index is 414. The lowest BCUT2D eigenvalue weighted by atomic mass is 9.83. The minimum absolute atomic E-state index is 0.277. The van der Waals surface area contributed by atoms with Crippen LogP contribution in [0.25, 0.3) is 6.08 Å². The van der Waals surface area contributed by atoms with E-state index in [0.717, 1.165) is 18.4 Å². The third-order valence-corrected chi connectivity index (χ3v) is 4.25. The quantitative estimate of drug-likeness (QED) is 0.627. The zero-order valence-electron chi connectivity index (χ0n) is 10.3. The molecule has 0 unspecified atom stereocenters. The fourth-order valence-corrected chi connectivity index (χ4v) is 3.09. The largest absolute Gasteiger partial charge is 0.206 e. The normalized spacial score (nSPS) is 18.1. The molecule has 1 aromatic carbocycles. The Morgan fingerprint density at radius 1 is 1.28 bits per heavy atom. The molecule has 0 saturated heterocycles. The molecule has 0 bridgehead atoms. The second-order valence-electron chi connectivity index (χ2n) is 4.82.